The topological polar surface area (TPSA) is 24.0 Å². The zero-order chi connectivity index (χ0) is 15.0. The number of H-pyrrole nitrogens is 1. The fraction of sp³-hybridized carbons (Fsp3) is 0.533. The fourth-order valence-corrected chi connectivity index (χ4v) is 3.86. The molecule has 6 heteroatoms. The van der Waals surface area contributed by atoms with Crippen LogP contribution in [0, 0.1) is 20.1 Å². The lowest BCUT2D eigenvalue weighted by molar-refractivity contribution is 0.272. The SMILES string of the molecule is CC(CN1CCCC1)Cn1c(=S)[nH]c2cc(I)c(F)cc21. The summed E-state index contributed by atoms with van der Waals surface area (Å²) in [6.45, 7) is 6.56. The van der Waals surface area contributed by atoms with Gasteiger partial charge in [-0.25, -0.2) is 4.39 Å². The average molecular weight is 419 g/mol. The number of nitrogens with zero attached hydrogens (tertiary/aromatic N) is 2. The molecule has 1 aromatic carbocycles. The number of rotatable bonds is 4. The molecular formula is C15H19FIN3S. The van der Waals surface area contributed by atoms with E-state index in [-0.39, 0.29) is 5.82 Å². The van der Waals surface area contributed by atoms with E-state index >= 15 is 0 Å². The maximum absolute atomic E-state index is 13.8. The van der Waals surface area contributed by atoms with Crippen molar-refractivity contribution in [1.29, 1.82) is 0 Å². The van der Waals surface area contributed by atoms with Crippen LogP contribution in [0.1, 0.15) is 19.8 Å². The van der Waals surface area contributed by atoms with Crippen molar-refractivity contribution in [2.75, 3.05) is 19.6 Å². The first-order valence-electron chi connectivity index (χ1n) is 7.34. The third kappa shape index (κ3) is 3.32. The molecule has 114 valence electrons. The van der Waals surface area contributed by atoms with Crippen molar-refractivity contribution in [2.45, 2.75) is 26.3 Å². The first-order valence-corrected chi connectivity index (χ1v) is 8.83. The van der Waals surface area contributed by atoms with Gasteiger partial charge >= 0.3 is 0 Å². The molecule has 1 saturated heterocycles. The number of hydrogen-bond acceptors (Lipinski definition) is 2. The monoisotopic (exact) mass is 419 g/mol. The number of aromatic amines is 1. The molecule has 1 aromatic heterocycles. The van der Waals surface area contributed by atoms with Crippen molar-refractivity contribution in [1.82, 2.24) is 14.5 Å². The van der Waals surface area contributed by atoms with Gasteiger partial charge in [0.05, 0.1) is 14.6 Å². The van der Waals surface area contributed by atoms with Gasteiger partial charge in [-0.1, -0.05) is 6.92 Å². The molecule has 2 heterocycles. The van der Waals surface area contributed by atoms with Crippen LogP contribution in [0.3, 0.4) is 0 Å². The Morgan fingerprint density at radius 2 is 2.05 bits per heavy atom. The summed E-state index contributed by atoms with van der Waals surface area (Å²) in [5.41, 5.74) is 1.78. The minimum Gasteiger partial charge on any atom is -0.331 e. The van der Waals surface area contributed by atoms with E-state index in [1.165, 1.54) is 25.9 Å². The molecule has 21 heavy (non-hydrogen) atoms. The van der Waals surface area contributed by atoms with Gasteiger partial charge in [0.1, 0.15) is 5.82 Å². The average Bonchev–Trinajstić information content (AvgIpc) is 3.01. The molecule has 1 fully saturated rings. The second kappa shape index (κ2) is 6.34. The molecule has 0 bridgehead atoms. The highest BCUT2D eigenvalue weighted by molar-refractivity contribution is 14.1. The summed E-state index contributed by atoms with van der Waals surface area (Å²) in [5.74, 6) is 0.314. The van der Waals surface area contributed by atoms with Crippen LogP contribution >= 0.6 is 34.8 Å². The molecule has 1 aliphatic rings. The molecule has 1 N–H and O–H groups in total. The van der Waals surface area contributed by atoms with E-state index in [0.717, 1.165) is 24.1 Å². The Morgan fingerprint density at radius 1 is 1.33 bits per heavy atom. The number of benzene rings is 1. The molecule has 0 radical (unpaired) electrons. The first-order chi connectivity index (χ1) is 10.0. The van der Waals surface area contributed by atoms with E-state index in [2.05, 4.69) is 16.8 Å². The van der Waals surface area contributed by atoms with Gasteiger partial charge in [-0.15, -0.1) is 0 Å². The predicted octanol–water partition coefficient (Wildman–Crippen LogP) is 4.17. The second-order valence-electron chi connectivity index (χ2n) is 5.94. The highest BCUT2D eigenvalue weighted by Crippen LogP contribution is 2.22. The van der Waals surface area contributed by atoms with Crippen molar-refractivity contribution in [2.24, 2.45) is 5.92 Å². The molecule has 0 spiro atoms. The van der Waals surface area contributed by atoms with E-state index in [1.807, 2.05) is 33.2 Å². The molecule has 1 atom stereocenters. The Labute approximate surface area is 142 Å². The molecule has 3 rings (SSSR count). The Bertz CT molecular complexity index is 703. The third-order valence-corrected chi connectivity index (χ3v) is 5.23. The van der Waals surface area contributed by atoms with Crippen LogP contribution in [0.15, 0.2) is 12.1 Å². The van der Waals surface area contributed by atoms with Crippen molar-refractivity contribution in [3.8, 4) is 0 Å². The van der Waals surface area contributed by atoms with E-state index in [4.69, 9.17) is 12.2 Å². The Hall–Kier alpha value is -0.470. The molecule has 3 nitrogen and oxygen atoms in total. The van der Waals surface area contributed by atoms with Crippen LogP contribution in [-0.2, 0) is 6.54 Å². The van der Waals surface area contributed by atoms with Crippen molar-refractivity contribution >= 4 is 45.8 Å². The fourth-order valence-electron chi connectivity index (χ4n) is 3.11. The molecule has 0 saturated carbocycles. The number of imidazole rings is 1. The lowest BCUT2D eigenvalue weighted by atomic mass is 10.1. The number of likely N-dealkylation sites (tertiary alicyclic amines) is 1. The van der Waals surface area contributed by atoms with Crippen LogP contribution in [0.4, 0.5) is 4.39 Å². The van der Waals surface area contributed by atoms with Crippen LogP contribution in [0.5, 0.6) is 0 Å². The van der Waals surface area contributed by atoms with E-state index in [1.54, 1.807) is 6.07 Å². The van der Waals surface area contributed by atoms with E-state index < -0.39 is 0 Å². The van der Waals surface area contributed by atoms with E-state index in [9.17, 15) is 4.39 Å². The minimum atomic E-state index is -0.182. The Morgan fingerprint density at radius 3 is 2.76 bits per heavy atom. The summed E-state index contributed by atoms with van der Waals surface area (Å²) in [6.07, 6.45) is 2.62. The zero-order valence-electron chi connectivity index (χ0n) is 12.0. The van der Waals surface area contributed by atoms with Gasteiger partial charge in [-0.05, 0) is 72.7 Å². The lowest BCUT2D eigenvalue weighted by Crippen LogP contribution is -2.27. The number of nitrogens with one attached hydrogen (secondary N) is 1. The number of aromatic nitrogens is 2. The largest absolute Gasteiger partial charge is 0.331 e. The lowest BCUT2D eigenvalue weighted by Gasteiger charge is -2.20. The predicted molar refractivity (Wildman–Crippen MR) is 94.6 cm³/mol. The smallest absolute Gasteiger partial charge is 0.178 e. The summed E-state index contributed by atoms with van der Waals surface area (Å²) >= 11 is 7.42. The van der Waals surface area contributed by atoms with Crippen molar-refractivity contribution in [3.05, 3.63) is 26.3 Å². The molecule has 1 unspecified atom stereocenters. The summed E-state index contributed by atoms with van der Waals surface area (Å²) in [7, 11) is 0. The number of halogens is 2. The molecular weight excluding hydrogens is 400 g/mol. The minimum absolute atomic E-state index is 0.182. The normalized spacial score (nSPS) is 17.7. The van der Waals surface area contributed by atoms with Crippen molar-refractivity contribution < 1.29 is 4.39 Å². The Kier molecular flexibility index (Phi) is 4.66. The number of hydrogen-bond donors (Lipinski definition) is 1. The van der Waals surface area contributed by atoms with Gasteiger partial charge in [-0.2, -0.15) is 0 Å². The first kappa shape index (κ1) is 15.4. The maximum atomic E-state index is 13.8. The standard InChI is InChI=1S/C15H19FIN3S/c1-10(8-19-4-2-3-5-19)9-20-14-6-11(16)12(17)7-13(14)18-15(20)21/h6-7,10H,2-5,8-9H2,1H3,(H,18,21). The summed E-state index contributed by atoms with van der Waals surface area (Å²) in [4.78, 5) is 5.69. The van der Waals surface area contributed by atoms with Gasteiger partial charge in [0.15, 0.2) is 4.77 Å². The highest BCUT2D eigenvalue weighted by Gasteiger charge is 2.16. The zero-order valence-corrected chi connectivity index (χ0v) is 15.0. The van der Waals surface area contributed by atoms with E-state index in [0.29, 0.717) is 14.3 Å². The summed E-state index contributed by atoms with van der Waals surface area (Å²) in [6, 6.07) is 3.41. The maximum Gasteiger partial charge on any atom is 0.178 e. The highest BCUT2D eigenvalue weighted by atomic mass is 127. The van der Waals surface area contributed by atoms with Crippen LogP contribution in [0.25, 0.3) is 11.0 Å². The van der Waals surface area contributed by atoms with Crippen LogP contribution in [0.2, 0.25) is 0 Å². The quantitative estimate of drug-likeness (QED) is 0.594. The van der Waals surface area contributed by atoms with Gasteiger partial charge in [0, 0.05) is 19.2 Å². The Balaban J connectivity index is 1.84. The molecule has 2 aromatic rings. The molecule has 1 aliphatic heterocycles. The van der Waals surface area contributed by atoms with Crippen LogP contribution < -0.4 is 0 Å². The van der Waals surface area contributed by atoms with Gasteiger partial charge < -0.3 is 14.5 Å². The second-order valence-corrected chi connectivity index (χ2v) is 7.49. The third-order valence-electron chi connectivity index (χ3n) is 4.08. The van der Waals surface area contributed by atoms with Crippen LogP contribution in [-0.4, -0.2) is 34.1 Å². The van der Waals surface area contributed by atoms with Gasteiger partial charge in [0.25, 0.3) is 0 Å². The van der Waals surface area contributed by atoms with Crippen molar-refractivity contribution in [3.63, 3.8) is 0 Å². The summed E-state index contributed by atoms with van der Waals surface area (Å²) < 4.78 is 17.2. The van der Waals surface area contributed by atoms with Gasteiger partial charge in [0.2, 0.25) is 0 Å². The number of fused-ring (bicyclic) bond motifs is 1. The molecule has 0 amide bonds. The molecule has 0 aliphatic carbocycles. The summed E-state index contributed by atoms with van der Waals surface area (Å²) in [5, 5.41) is 0. The van der Waals surface area contributed by atoms with Gasteiger partial charge in [-0.3, -0.25) is 0 Å².